The number of halogens is 6. The van der Waals surface area contributed by atoms with E-state index in [2.05, 4.69) is 20.4 Å². The molecule has 21 heteroatoms. The number of hydrogen-bond donors (Lipinski definition) is 1. The van der Waals surface area contributed by atoms with Crippen LogP contribution in [0.2, 0.25) is 5.02 Å². The van der Waals surface area contributed by atoms with E-state index in [0.29, 0.717) is 41.0 Å². The molecule has 0 atom stereocenters. The van der Waals surface area contributed by atoms with Gasteiger partial charge in [0.15, 0.2) is 34.5 Å². The Bertz CT molecular complexity index is 2730. The lowest BCUT2D eigenvalue weighted by Gasteiger charge is -2.36. The standard InChI is InChI=1S/C41H35ClF5N9O6/c1-2-28-33(53-13-15-54(16-14-53)38(58)32-35(31(36(43)44)48-22-49-32)62-21-23-7-4-3-5-8-23)39(59)56-40(51-37(52-56)25-9-6-10-29-34(25)61-18-17-60-29)55(28)20-30(57)50-27-12-11-24(19-26(27)42)41(45,46)47/h3-12,19,22,36H,2,13-18,20-21H2,1H3,(H,50,57). The average molecular weight is 880 g/mol. The van der Waals surface area contributed by atoms with Crippen LogP contribution >= 0.6 is 11.6 Å². The zero-order chi connectivity index (χ0) is 43.7. The van der Waals surface area contributed by atoms with Gasteiger partial charge in [0.25, 0.3) is 17.9 Å². The van der Waals surface area contributed by atoms with Crippen molar-refractivity contribution < 1.29 is 45.8 Å². The highest BCUT2D eigenvalue weighted by Crippen LogP contribution is 2.39. The highest BCUT2D eigenvalue weighted by Gasteiger charge is 2.34. The van der Waals surface area contributed by atoms with Gasteiger partial charge in [0.1, 0.15) is 38.4 Å². The van der Waals surface area contributed by atoms with E-state index in [4.69, 9.17) is 30.8 Å². The third-order valence-electron chi connectivity index (χ3n) is 10.2. The first-order chi connectivity index (χ1) is 29.8. The van der Waals surface area contributed by atoms with Crippen LogP contribution in [0.3, 0.4) is 0 Å². The number of hydrogen-bond acceptors (Lipinski definition) is 11. The number of ether oxygens (including phenoxy) is 3. The molecule has 6 aromatic rings. The lowest BCUT2D eigenvalue weighted by molar-refractivity contribution is -0.137. The minimum atomic E-state index is -4.66. The van der Waals surface area contributed by atoms with Crippen molar-refractivity contribution >= 4 is 40.6 Å². The number of fused-ring (bicyclic) bond motifs is 2. The number of para-hydroxylation sites is 1. The average Bonchev–Trinajstić information content (AvgIpc) is 3.72. The zero-order valence-corrected chi connectivity index (χ0v) is 33.4. The summed E-state index contributed by atoms with van der Waals surface area (Å²) in [4.78, 5) is 57.8. The molecule has 2 aliphatic rings. The number of benzene rings is 3. The molecule has 0 bridgehead atoms. The largest absolute Gasteiger partial charge is 0.486 e. The lowest BCUT2D eigenvalue weighted by atomic mass is 10.1. The number of rotatable bonds is 11. The molecule has 3 aromatic carbocycles. The van der Waals surface area contributed by atoms with Crippen LogP contribution < -0.4 is 30.0 Å². The lowest BCUT2D eigenvalue weighted by Crippen LogP contribution is -2.51. The molecule has 1 saturated heterocycles. The minimum Gasteiger partial charge on any atom is -0.486 e. The van der Waals surface area contributed by atoms with E-state index in [0.717, 1.165) is 23.0 Å². The van der Waals surface area contributed by atoms with Gasteiger partial charge in [-0.2, -0.15) is 22.7 Å². The second kappa shape index (κ2) is 17.3. The Morgan fingerprint density at radius 3 is 2.44 bits per heavy atom. The Morgan fingerprint density at radius 2 is 1.73 bits per heavy atom. The Hall–Kier alpha value is -6.83. The summed E-state index contributed by atoms with van der Waals surface area (Å²) >= 11 is 6.16. The number of amides is 2. The van der Waals surface area contributed by atoms with Crippen LogP contribution in [0.1, 0.15) is 46.4 Å². The van der Waals surface area contributed by atoms with Crippen LogP contribution in [0.4, 0.5) is 33.3 Å². The number of carbonyl (C=O) groups excluding carboxylic acids is 2. The second-order valence-electron chi connectivity index (χ2n) is 14.0. The Labute approximate surface area is 353 Å². The molecule has 8 rings (SSSR count). The van der Waals surface area contributed by atoms with Crippen molar-refractivity contribution in [3.63, 3.8) is 0 Å². The van der Waals surface area contributed by atoms with Crippen molar-refractivity contribution in [3.8, 4) is 28.6 Å². The highest BCUT2D eigenvalue weighted by atomic mass is 35.5. The van der Waals surface area contributed by atoms with Crippen molar-refractivity contribution in [3.05, 3.63) is 117 Å². The quantitative estimate of drug-likeness (QED) is 0.142. The molecule has 0 radical (unpaired) electrons. The van der Waals surface area contributed by atoms with Gasteiger partial charge in [-0.3, -0.25) is 14.4 Å². The van der Waals surface area contributed by atoms with E-state index in [1.54, 1.807) is 60.4 Å². The van der Waals surface area contributed by atoms with E-state index >= 15 is 0 Å². The normalized spacial score (nSPS) is 14.1. The molecule has 2 aliphatic heterocycles. The molecular weight excluding hydrogens is 845 g/mol. The van der Waals surface area contributed by atoms with Crippen molar-refractivity contribution in [2.45, 2.75) is 39.1 Å². The molecule has 3 aromatic heterocycles. The summed E-state index contributed by atoms with van der Waals surface area (Å²) in [6.07, 6.45) is -6.65. The minimum absolute atomic E-state index is 0.0224. The fourth-order valence-electron chi connectivity index (χ4n) is 7.27. The summed E-state index contributed by atoms with van der Waals surface area (Å²) in [5.41, 5.74) is -1.15. The Balaban J connectivity index is 1.13. The molecule has 0 aliphatic carbocycles. The van der Waals surface area contributed by atoms with E-state index < -0.39 is 53.5 Å². The van der Waals surface area contributed by atoms with Crippen LogP contribution in [0.15, 0.2) is 77.9 Å². The van der Waals surface area contributed by atoms with E-state index in [1.165, 1.54) is 9.47 Å². The number of nitrogens with zero attached hydrogens (tertiary/aromatic N) is 8. The van der Waals surface area contributed by atoms with Crippen molar-refractivity contribution in [2.75, 3.05) is 49.6 Å². The summed E-state index contributed by atoms with van der Waals surface area (Å²) in [6.45, 7) is 1.94. The molecule has 2 amide bonds. The molecule has 15 nitrogen and oxygen atoms in total. The van der Waals surface area contributed by atoms with Crippen LogP contribution in [0.25, 0.3) is 17.2 Å². The van der Waals surface area contributed by atoms with Crippen molar-refractivity contribution in [1.82, 2.24) is 34.0 Å². The SMILES string of the molecule is CCc1c(N2CCN(C(=O)c3ncnc(C(F)F)c3OCc3ccccc3)CC2)c(=O)n2nc(-c3cccc4c3OCCO4)nc2n1CC(=O)Nc1ccc(C(F)(F)F)cc1Cl. The third-order valence-corrected chi connectivity index (χ3v) is 10.5. The number of carbonyl (C=O) groups is 2. The molecule has 1 fully saturated rings. The van der Waals surface area contributed by atoms with Crippen LogP contribution in [0, 0.1) is 0 Å². The smallest absolute Gasteiger partial charge is 0.416 e. The number of alkyl halides is 5. The van der Waals surface area contributed by atoms with Gasteiger partial charge in [0, 0.05) is 26.2 Å². The van der Waals surface area contributed by atoms with Crippen molar-refractivity contribution in [2.24, 2.45) is 0 Å². The van der Waals surface area contributed by atoms with E-state index in [-0.39, 0.29) is 79.5 Å². The number of aromatic nitrogens is 6. The molecular formula is C41H35ClF5N9O6. The van der Waals surface area contributed by atoms with Crippen LogP contribution in [-0.2, 0) is 30.5 Å². The van der Waals surface area contributed by atoms with E-state index in [1.807, 2.05) is 0 Å². The summed E-state index contributed by atoms with van der Waals surface area (Å²) in [6, 6.07) is 16.4. The summed E-state index contributed by atoms with van der Waals surface area (Å²) in [5.74, 6) is -0.961. The summed E-state index contributed by atoms with van der Waals surface area (Å²) in [5, 5.41) is 6.79. The van der Waals surface area contributed by atoms with E-state index in [9.17, 15) is 36.3 Å². The van der Waals surface area contributed by atoms with Crippen LogP contribution in [0.5, 0.6) is 17.2 Å². The first-order valence-corrected chi connectivity index (χ1v) is 19.6. The predicted molar refractivity (Wildman–Crippen MR) is 214 cm³/mol. The monoisotopic (exact) mass is 879 g/mol. The number of nitrogens with one attached hydrogen (secondary N) is 1. The van der Waals surface area contributed by atoms with Gasteiger partial charge in [-0.15, -0.1) is 5.10 Å². The van der Waals surface area contributed by atoms with Crippen LogP contribution in [-0.4, -0.2) is 85.2 Å². The van der Waals surface area contributed by atoms with Gasteiger partial charge in [-0.1, -0.05) is 54.9 Å². The summed E-state index contributed by atoms with van der Waals surface area (Å²) < 4.78 is 88.2. The maximum atomic E-state index is 14.6. The Morgan fingerprint density at radius 1 is 0.968 bits per heavy atom. The van der Waals surface area contributed by atoms with Gasteiger partial charge >= 0.3 is 6.18 Å². The van der Waals surface area contributed by atoms with Gasteiger partial charge in [0.2, 0.25) is 11.7 Å². The summed E-state index contributed by atoms with van der Waals surface area (Å²) in [7, 11) is 0. The molecule has 5 heterocycles. The van der Waals surface area contributed by atoms with Gasteiger partial charge < -0.3 is 33.9 Å². The second-order valence-corrected chi connectivity index (χ2v) is 14.5. The molecule has 0 spiro atoms. The molecule has 0 unspecified atom stereocenters. The van der Waals surface area contributed by atoms with Gasteiger partial charge in [-0.25, -0.2) is 18.7 Å². The molecule has 1 N–H and O–H groups in total. The molecule has 322 valence electrons. The first-order valence-electron chi connectivity index (χ1n) is 19.2. The topological polar surface area (TPSA) is 158 Å². The predicted octanol–water partition coefficient (Wildman–Crippen LogP) is 6.47. The maximum absolute atomic E-state index is 14.6. The zero-order valence-electron chi connectivity index (χ0n) is 32.7. The van der Waals surface area contributed by atoms with Gasteiger partial charge in [-0.05, 0) is 42.3 Å². The molecule has 62 heavy (non-hydrogen) atoms. The molecule has 0 saturated carbocycles. The fraction of sp³-hybridized carbons (Fsp3) is 0.293. The van der Waals surface area contributed by atoms with Crippen molar-refractivity contribution in [1.29, 1.82) is 0 Å². The fourth-order valence-corrected chi connectivity index (χ4v) is 7.50. The number of piperazine rings is 1. The first kappa shape index (κ1) is 41.9. The maximum Gasteiger partial charge on any atom is 0.416 e. The third kappa shape index (κ3) is 8.28. The number of anilines is 2. The highest BCUT2D eigenvalue weighted by molar-refractivity contribution is 6.33. The Kier molecular flexibility index (Phi) is 11.7. The van der Waals surface area contributed by atoms with Gasteiger partial charge in [0.05, 0.1) is 27.5 Å².